The van der Waals surface area contributed by atoms with Crippen molar-refractivity contribution in [1.29, 1.82) is 0 Å². The van der Waals surface area contributed by atoms with Crippen molar-refractivity contribution < 1.29 is 58.6 Å². The van der Waals surface area contributed by atoms with E-state index < -0.39 is 145 Å². The molecule has 85 heavy (non-hydrogen) atoms. The van der Waals surface area contributed by atoms with E-state index in [-0.39, 0.29) is 0 Å². The molecule has 12 heteroatoms. The van der Waals surface area contributed by atoms with Crippen molar-refractivity contribution in [1.82, 2.24) is 0 Å². The van der Waals surface area contributed by atoms with Crippen LogP contribution >= 0.6 is 0 Å². The number of benzene rings is 4. The van der Waals surface area contributed by atoms with Gasteiger partial charge in [-0.3, -0.25) is 0 Å². The molecule has 8 atom stereocenters. The molecule has 0 bridgehead atoms. The van der Waals surface area contributed by atoms with Gasteiger partial charge in [0.25, 0.3) is 0 Å². The molecule has 0 saturated carbocycles. The molecule has 12 nitrogen and oxygen atoms in total. The highest BCUT2D eigenvalue weighted by Crippen LogP contribution is 2.56. The lowest BCUT2D eigenvalue weighted by atomic mass is 9.58. The molecule has 0 aliphatic carbocycles. The SMILES string of the molecule is CC(C)(C)C(c1ccccc1)C(O)(C(=O)OCC(COC(=O)C(O)(C(c1ccccc1)C(C)(C)C)C(C)(C)C)(COC(=O)C(O)(C(c1ccccc1)C(C)(C)C)C(C)(C)C)COC(=O)C(O)(C(c1ccccc1)C(C)(C)C)C(C)(C)C)C(C)(C)C. The second kappa shape index (κ2) is 25.4. The molecule has 0 aromatic heterocycles. The molecule has 0 saturated heterocycles. The van der Waals surface area contributed by atoms with Crippen molar-refractivity contribution in [3.63, 3.8) is 0 Å². The van der Waals surface area contributed by atoms with Crippen molar-refractivity contribution in [3.05, 3.63) is 144 Å². The molecule has 8 unspecified atom stereocenters. The highest BCUT2D eigenvalue weighted by molar-refractivity contribution is 5.85. The Morgan fingerprint density at radius 1 is 0.282 bits per heavy atom. The molecule has 0 heterocycles. The third-order valence-corrected chi connectivity index (χ3v) is 17.5. The van der Waals surface area contributed by atoms with Crippen molar-refractivity contribution in [2.75, 3.05) is 26.4 Å². The first-order valence-electron chi connectivity index (χ1n) is 30.2. The number of esters is 4. The van der Waals surface area contributed by atoms with E-state index >= 15 is 19.2 Å². The maximum absolute atomic E-state index is 15.7. The van der Waals surface area contributed by atoms with Gasteiger partial charge in [0.05, 0.1) is 0 Å². The summed E-state index contributed by atoms with van der Waals surface area (Å²) < 4.78 is 26.1. The molecule has 4 aromatic carbocycles. The third-order valence-electron chi connectivity index (χ3n) is 17.5. The molecule has 472 valence electrons. The number of carbonyl (C=O) groups excluding carboxylic acids is 4. The second-order valence-electron chi connectivity index (χ2n) is 32.7. The van der Waals surface area contributed by atoms with Gasteiger partial charge in [-0.2, -0.15) is 0 Å². The summed E-state index contributed by atoms with van der Waals surface area (Å²) in [6.07, 6.45) is 0. The van der Waals surface area contributed by atoms with Crippen LogP contribution in [0.15, 0.2) is 121 Å². The monoisotopic (exact) mass is 1180 g/mol. The lowest BCUT2D eigenvalue weighted by Gasteiger charge is -2.50. The Bertz CT molecular complexity index is 2450. The quantitative estimate of drug-likeness (QED) is 0.0485. The van der Waals surface area contributed by atoms with Crippen LogP contribution in [0.1, 0.15) is 212 Å². The minimum absolute atomic E-state index is 0.655. The molecule has 0 aliphatic rings. The second-order valence-corrected chi connectivity index (χ2v) is 32.7. The Morgan fingerprint density at radius 2 is 0.424 bits per heavy atom. The largest absolute Gasteiger partial charge is 0.463 e. The minimum Gasteiger partial charge on any atom is -0.463 e. The molecule has 0 spiro atoms. The maximum Gasteiger partial charge on any atom is 0.339 e. The maximum atomic E-state index is 15.7. The average molecular weight is 1180 g/mol. The number of rotatable bonds is 20. The number of ether oxygens (including phenoxy) is 4. The highest BCUT2D eigenvalue weighted by atomic mass is 16.6. The van der Waals surface area contributed by atoms with Gasteiger partial charge in [-0.15, -0.1) is 0 Å². The lowest BCUT2D eigenvalue weighted by molar-refractivity contribution is -0.213. The summed E-state index contributed by atoms with van der Waals surface area (Å²) in [7, 11) is 0. The summed E-state index contributed by atoms with van der Waals surface area (Å²) in [5.74, 6) is -7.89. The molecule has 0 aliphatic heterocycles. The van der Waals surface area contributed by atoms with Crippen LogP contribution in [0.4, 0.5) is 0 Å². The van der Waals surface area contributed by atoms with Crippen LogP contribution in [0.25, 0.3) is 0 Å². The third kappa shape index (κ3) is 15.1. The van der Waals surface area contributed by atoms with Gasteiger partial charge in [0.2, 0.25) is 0 Å². The smallest absolute Gasteiger partial charge is 0.339 e. The van der Waals surface area contributed by atoms with E-state index in [4.69, 9.17) is 18.9 Å². The van der Waals surface area contributed by atoms with Crippen molar-refractivity contribution in [3.8, 4) is 0 Å². The standard InChI is InChI=1S/C73H108O12/c1-61(2,3)53(49-37-29-25-30-38-49)70(78,65(13,14)15)57(74)82-45-69(46-83-58(75)71(79,66(16,17)18)54(62(4,5)6)50-39-31-26-32-40-50,47-84-59(76)72(80,67(19,20)21)55(63(7,8)9)51-41-33-27-34-42-51)48-85-60(77)73(81,68(22,23)24)56(64(10,11)12)52-43-35-28-36-44-52/h25-44,53-56,78-81H,45-48H2,1-24H3. The molecular formula is C73H108O12. The fourth-order valence-corrected chi connectivity index (χ4v) is 13.0. The Labute approximate surface area is 511 Å². The highest BCUT2D eigenvalue weighted by Gasteiger charge is 2.63. The zero-order chi connectivity index (χ0) is 65.2. The summed E-state index contributed by atoms with van der Waals surface area (Å²) in [4.78, 5) is 62.6. The van der Waals surface area contributed by atoms with Crippen LogP contribution in [0.3, 0.4) is 0 Å². The Morgan fingerprint density at radius 3 is 0.541 bits per heavy atom. The fraction of sp³-hybridized carbons (Fsp3) is 0.616. The summed E-state index contributed by atoms with van der Waals surface area (Å²) in [6, 6.07) is 36.7. The van der Waals surface area contributed by atoms with Crippen LogP contribution in [0.5, 0.6) is 0 Å². The molecule has 0 fully saturated rings. The van der Waals surface area contributed by atoms with Crippen LogP contribution in [0.2, 0.25) is 0 Å². The van der Waals surface area contributed by atoms with Gasteiger partial charge in [0, 0.05) is 45.3 Å². The Kier molecular flexibility index (Phi) is 21.5. The van der Waals surface area contributed by atoms with E-state index in [0.717, 1.165) is 0 Å². The summed E-state index contributed by atoms with van der Waals surface area (Å²) in [5.41, 5.74) is -16.7. The predicted octanol–water partition coefficient (Wildman–Crippen LogP) is 14.6. The van der Waals surface area contributed by atoms with Gasteiger partial charge in [-0.1, -0.05) is 287 Å². The van der Waals surface area contributed by atoms with Gasteiger partial charge in [-0.05, 0) is 43.9 Å². The first kappa shape index (κ1) is 72.1. The molecular weight excluding hydrogens is 1070 g/mol. The Hall–Kier alpha value is -5.40. The van der Waals surface area contributed by atoms with E-state index in [1.807, 2.05) is 204 Å². The van der Waals surface area contributed by atoms with Gasteiger partial charge in [-0.25, -0.2) is 19.2 Å². The van der Waals surface area contributed by atoms with Crippen LogP contribution in [-0.4, -0.2) is 93.1 Å². The van der Waals surface area contributed by atoms with Crippen molar-refractivity contribution in [2.45, 2.75) is 212 Å². The number of hydrogen-bond acceptors (Lipinski definition) is 12. The van der Waals surface area contributed by atoms with Gasteiger partial charge in [0.1, 0.15) is 31.8 Å². The summed E-state index contributed by atoms with van der Waals surface area (Å²) >= 11 is 0. The zero-order valence-corrected chi connectivity index (χ0v) is 56.2. The summed E-state index contributed by atoms with van der Waals surface area (Å²) in [5, 5.41) is 53.6. The number of hydrogen-bond donors (Lipinski definition) is 4. The van der Waals surface area contributed by atoms with E-state index in [1.165, 1.54) is 0 Å². The zero-order valence-electron chi connectivity index (χ0n) is 56.2. The summed E-state index contributed by atoms with van der Waals surface area (Å²) in [6.45, 7) is 40.4. The van der Waals surface area contributed by atoms with Crippen LogP contribution in [0, 0.1) is 48.7 Å². The van der Waals surface area contributed by atoms with Crippen molar-refractivity contribution >= 4 is 23.9 Å². The number of carbonyl (C=O) groups is 4. The molecule has 4 N–H and O–H groups in total. The predicted molar refractivity (Wildman–Crippen MR) is 338 cm³/mol. The Balaban J connectivity index is 2.15. The average Bonchev–Trinajstić information content (AvgIpc) is 1.10. The van der Waals surface area contributed by atoms with Crippen LogP contribution < -0.4 is 0 Å². The van der Waals surface area contributed by atoms with E-state index in [2.05, 4.69) is 0 Å². The molecule has 4 aromatic rings. The molecule has 4 rings (SSSR count). The van der Waals surface area contributed by atoms with E-state index in [0.29, 0.717) is 22.3 Å². The first-order chi connectivity index (χ1) is 38.4. The normalized spacial score (nSPS) is 18.3. The van der Waals surface area contributed by atoms with E-state index in [1.54, 1.807) is 83.1 Å². The van der Waals surface area contributed by atoms with Gasteiger partial charge in [0.15, 0.2) is 22.4 Å². The fourth-order valence-electron chi connectivity index (χ4n) is 13.0. The van der Waals surface area contributed by atoms with E-state index in [9.17, 15) is 20.4 Å². The minimum atomic E-state index is -2.30. The number of aliphatic hydroxyl groups is 4. The molecule has 0 amide bonds. The molecule has 0 radical (unpaired) electrons. The first-order valence-corrected chi connectivity index (χ1v) is 30.2. The van der Waals surface area contributed by atoms with Gasteiger partial charge < -0.3 is 39.4 Å². The van der Waals surface area contributed by atoms with Crippen LogP contribution in [-0.2, 0) is 38.1 Å². The topological polar surface area (TPSA) is 186 Å². The van der Waals surface area contributed by atoms with Crippen molar-refractivity contribution in [2.24, 2.45) is 48.7 Å². The lowest BCUT2D eigenvalue weighted by Crippen LogP contribution is -2.61. The van der Waals surface area contributed by atoms with Gasteiger partial charge >= 0.3 is 23.9 Å².